The Bertz CT molecular complexity index is 404. The van der Waals surface area contributed by atoms with Gasteiger partial charge in [-0.3, -0.25) is 0 Å². The minimum absolute atomic E-state index is 0. The summed E-state index contributed by atoms with van der Waals surface area (Å²) in [5.74, 6) is 0. The summed E-state index contributed by atoms with van der Waals surface area (Å²) in [5.41, 5.74) is 0. The normalized spacial score (nSPS) is 19.3. The predicted molar refractivity (Wildman–Crippen MR) is 58.4 cm³/mol. The predicted octanol–water partition coefficient (Wildman–Crippen LogP) is 5.64. The Hall–Kier alpha value is 0.444. The van der Waals surface area contributed by atoms with Crippen LogP contribution in [0.25, 0.3) is 0 Å². The molecule has 0 bridgehead atoms. The third-order valence-electron chi connectivity index (χ3n) is 1.11. The topological polar surface area (TPSA) is 35.5 Å². The van der Waals surface area contributed by atoms with Gasteiger partial charge in [0.15, 0.2) is 0 Å². The second kappa shape index (κ2) is 4.23. The van der Waals surface area contributed by atoms with Crippen LogP contribution in [0.1, 0.15) is 43.0 Å². The van der Waals surface area contributed by atoms with Crippen molar-refractivity contribution in [1.29, 1.82) is 0 Å². The average molecular weight is 357 g/mol. The third-order valence-corrected chi connectivity index (χ3v) is 3.73. The number of hydrogen-bond acceptors (Lipinski definition) is 3. The van der Waals surface area contributed by atoms with E-state index >= 15 is 0 Å². The van der Waals surface area contributed by atoms with Crippen LogP contribution in [-0.4, -0.2) is 10.3 Å². The molecule has 0 rings (SSSR count). The Kier molecular flexibility index (Phi) is 4.83. The van der Waals surface area contributed by atoms with Gasteiger partial charge in [0, 0.05) is 0 Å². The number of halogens is 6. The molecule has 0 unspecified atom stereocenters. The van der Waals surface area contributed by atoms with Gasteiger partial charge < -0.3 is 0 Å². The molecule has 0 saturated carbocycles. The van der Waals surface area contributed by atoms with Crippen molar-refractivity contribution >= 4 is 8.58 Å². The molecule has 19 heavy (non-hydrogen) atoms. The quantitative estimate of drug-likeness (QED) is 0.365. The zero-order valence-electron chi connectivity index (χ0n) is 12.5. The van der Waals surface area contributed by atoms with E-state index in [9.17, 15) is 21.4 Å². The molecule has 0 spiro atoms. The van der Waals surface area contributed by atoms with Crippen LogP contribution >= 0.6 is 8.58 Å². The number of hydrogen-bond donors (Lipinski definition) is 0. The van der Waals surface area contributed by atoms with Gasteiger partial charge in [-0.1, -0.05) is 41.5 Å². The molecule has 0 saturated heterocycles. The van der Waals surface area contributed by atoms with Crippen molar-refractivity contribution in [2.24, 2.45) is 0 Å². The van der Waals surface area contributed by atoms with Crippen molar-refractivity contribution in [2.45, 2.75) is 51.9 Å². The molecule has 0 fully saturated rings. The Morgan fingerprint density at radius 3 is 1.05 bits per heavy atom. The third kappa shape index (κ3) is 14.7. The van der Waals surface area contributed by atoms with Crippen molar-refractivity contribution < 1.29 is 48.8 Å². The Balaban J connectivity index is -0.000000277. The maximum absolute atomic E-state index is 12.4. The average Bonchev–Trinajstić information content (AvgIpc) is 1.97. The van der Waals surface area contributed by atoms with Gasteiger partial charge in [0.25, 0.3) is 0 Å². The molecule has 0 aromatic carbocycles. The van der Waals surface area contributed by atoms with Crippen LogP contribution in [0.5, 0.6) is 0 Å². The van der Waals surface area contributed by atoms with Crippen molar-refractivity contribution in [1.82, 2.24) is 0 Å². The van der Waals surface area contributed by atoms with Gasteiger partial charge in [0.2, 0.25) is 0 Å². The van der Waals surface area contributed by atoms with E-state index in [4.69, 9.17) is 3.32 Å². The van der Waals surface area contributed by atoms with Crippen LogP contribution in [0.15, 0.2) is 0 Å². The van der Waals surface area contributed by atoms with Crippen LogP contribution < -0.4 is 0 Å². The molecule has 0 aliphatic carbocycles. The fourth-order valence-electron chi connectivity index (χ4n) is 1.14. The molecular formula is C8H20F6O3PTi+. The fourth-order valence-corrected chi connectivity index (χ4v) is 3.42. The standard InChI is InChI=1S/C8H19P.2FO.4FH.O.Ti/c1-7(2,3)9-8(4,5)6;2*1-2;;;;;;/h9H,1-6H3;;;4*1H;;/q;2*-1;;;;;;+6/p-3. The molecule has 0 amide bonds. The molecule has 0 atom stereocenters. The van der Waals surface area contributed by atoms with Crippen LogP contribution in [0, 0.1) is 0 Å². The Morgan fingerprint density at radius 1 is 0.842 bits per heavy atom. The Morgan fingerprint density at radius 2 is 1.05 bits per heavy atom. The van der Waals surface area contributed by atoms with E-state index < -0.39 is 15.6 Å². The van der Waals surface area contributed by atoms with Crippen LogP contribution in [0.2, 0.25) is 0 Å². The van der Waals surface area contributed by atoms with Crippen LogP contribution in [0.4, 0.5) is 21.4 Å². The second-order valence-electron chi connectivity index (χ2n) is 6.38. The van der Waals surface area contributed by atoms with E-state index in [0.717, 1.165) is 8.58 Å². The van der Waals surface area contributed by atoms with E-state index in [1.165, 1.54) is 0 Å². The molecule has 0 aromatic heterocycles. The van der Waals surface area contributed by atoms with Crippen molar-refractivity contribution in [3.63, 3.8) is 0 Å². The molecule has 0 aliphatic rings. The molecule has 0 aliphatic heterocycles. The maximum atomic E-state index is 11.0. The van der Waals surface area contributed by atoms with Crippen LogP contribution in [-0.2, 0) is 26.0 Å². The fraction of sp³-hybridized carbons (Fsp3) is 1.00. The van der Waals surface area contributed by atoms with Gasteiger partial charge in [0.1, 0.15) is 0 Å². The van der Waals surface area contributed by atoms with Crippen molar-refractivity contribution in [3.05, 3.63) is 0 Å². The molecule has 11 heteroatoms. The first-order valence-electron chi connectivity index (χ1n) is 5.18. The SMILES string of the molecule is CC(C)(C)PC(C)(C)C.[H+].[O]=[Ti]([F])([F])([F])([F])([O]F)[O]F. The summed E-state index contributed by atoms with van der Waals surface area (Å²) in [5, 5.41) is 1.02. The van der Waals surface area contributed by atoms with E-state index in [1.807, 2.05) is 0 Å². The van der Waals surface area contributed by atoms with Gasteiger partial charge in [-0.15, -0.1) is 8.58 Å². The summed E-state index contributed by atoms with van der Waals surface area (Å²) >= 11 is -12.4. The summed E-state index contributed by atoms with van der Waals surface area (Å²) in [6.45, 7) is 13.8. The second-order valence-corrected chi connectivity index (χ2v) is 15.1. The summed E-state index contributed by atoms with van der Waals surface area (Å²) in [7, 11) is 1.05. The molecule has 120 valence electrons. The summed E-state index contributed by atoms with van der Waals surface area (Å²) in [6, 6.07) is 0. The zero-order chi connectivity index (χ0) is 16.5. The first-order chi connectivity index (χ1) is 7.55. The van der Waals surface area contributed by atoms with Crippen molar-refractivity contribution in [2.75, 3.05) is 0 Å². The van der Waals surface area contributed by atoms with Gasteiger partial charge in [-0.2, -0.15) is 0 Å². The molecular weight excluding hydrogens is 337 g/mol. The van der Waals surface area contributed by atoms with E-state index in [-0.39, 0.29) is 1.43 Å². The van der Waals surface area contributed by atoms with Gasteiger partial charge in [0.05, 0.1) is 0 Å². The molecule has 0 heterocycles. The van der Waals surface area contributed by atoms with Gasteiger partial charge >= 0.3 is 48.8 Å². The molecule has 0 N–H and O–H groups in total. The summed E-state index contributed by atoms with van der Waals surface area (Å²) < 4.78 is 74.7. The van der Waals surface area contributed by atoms with E-state index in [0.29, 0.717) is 17.4 Å². The van der Waals surface area contributed by atoms with Crippen LogP contribution in [0.3, 0.4) is 0 Å². The molecule has 0 aromatic rings. The van der Waals surface area contributed by atoms with Gasteiger partial charge in [-0.25, -0.2) is 0 Å². The van der Waals surface area contributed by atoms with E-state index in [2.05, 4.69) is 41.5 Å². The summed E-state index contributed by atoms with van der Waals surface area (Å²) in [6.07, 6.45) is 0. The zero-order valence-corrected chi connectivity index (χ0v) is 14.1. The van der Waals surface area contributed by atoms with Gasteiger partial charge in [-0.05, 0) is 10.3 Å². The first-order valence-corrected chi connectivity index (χ1v) is 10.5. The monoisotopic (exact) mass is 357 g/mol. The molecule has 0 radical (unpaired) electrons. The Labute approximate surface area is 110 Å². The minimum atomic E-state index is -12.4. The summed E-state index contributed by atoms with van der Waals surface area (Å²) in [4.78, 5) is 0. The van der Waals surface area contributed by atoms with E-state index in [1.54, 1.807) is 0 Å². The molecule has 3 nitrogen and oxygen atoms in total. The van der Waals surface area contributed by atoms with Crippen molar-refractivity contribution in [3.8, 4) is 0 Å². The first kappa shape index (κ1) is 21.7. The number of rotatable bonds is 2.